The standard InChI is InChI=1S/C12H25NS/c1-10-6-5-7-13(11(10)2)8-12(3,4)9-14/h10-11,14H,5-9H2,1-4H3. The molecule has 0 spiro atoms. The van der Waals surface area contributed by atoms with E-state index in [0.717, 1.165) is 17.7 Å². The highest BCUT2D eigenvalue weighted by atomic mass is 32.1. The van der Waals surface area contributed by atoms with Crippen LogP contribution in [0.15, 0.2) is 0 Å². The van der Waals surface area contributed by atoms with Crippen LogP contribution in [0.25, 0.3) is 0 Å². The van der Waals surface area contributed by atoms with Gasteiger partial charge in [-0.05, 0) is 43.4 Å². The Balaban J connectivity index is 2.51. The predicted molar refractivity (Wildman–Crippen MR) is 67.1 cm³/mol. The highest BCUT2D eigenvalue weighted by Gasteiger charge is 2.28. The largest absolute Gasteiger partial charge is 0.300 e. The van der Waals surface area contributed by atoms with Crippen LogP contribution < -0.4 is 0 Å². The molecule has 1 heterocycles. The van der Waals surface area contributed by atoms with Crippen molar-refractivity contribution in [1.82, 2.24) is 4.90 Å². The zero-order valence-corrected chi connectivity index (χ0v) is 11.0. The van der Waals surface area contributed by atoms with Crippen LogP contribution in [0.4, 0.5) is 0 Å². The Morgan fingerprint density at radius 3 is 2.57 bits per heavy atom. The average Bonchev–Trinajstić information content (AvgIpc) is 2.13. The van der Waals surface area contributed by atoms with Crippen LogP contribution in [0.5, 0.6) is 0 Å². The van der Waals surface area contributed by atoms with Crippen LogP contribution in [-0.2, 0) is 0 Å². The second-order valence-electron chi connectivity index (χ2n) is 5.65. The van der Waals surface area contributed by atoms with E-state index in [1.807, 2.05) is 0 Å². The number of likely N-dealkylation sites (tertiary alicyclic amines) is 1. The molecule has 1 rings (SSSR count). The summed E-state index contributed by atoms with van der Waals surface area (Å²) in [6.07, 6.45) is 2.77. The molecule has 0 aliphatic carbocycles. The third-order valence-corrected chi connectivity index (χ3v) is 4.42. The predicted octanol–water partition coefficient (Wildman–Crippen LogP) is 3.06. The van der Waals surface area contributed by atoms with Gasteiger partial charge in [-0.3, -0.25) is 4.90 Å². The van der Waals surface area contributed by atoms with Crippen LogP contribution in [0, 0.1) is 11.3 Å². The molecule has 0 amide bonds. The van der Waals surface area contributed by atoms with Crippen molar-refractivity contribution < 1.29 is 0 Å². The lowest BCUT2D eigenvalue weighted by Gasteiger charge is -2.41. The first kappa shape index (κ1) is 12.4. The summed E-state index contributed by atoms with van der Waals surface area (Å²) in [4.78, 5) is 2.64. The van der Waals surface area contributed by atoms with E-state index in [2.05, 4.69) is 45.2 Å². The maximum atomic E-state index is 4.43. The fourth-order valence-corrected chi connectivity index (χ4v) is 2.34. The minimum Gasteiger partial charge on any atom is -0.300 e. The van der Waals surface area contributed by atoms with Crippen molar-refractivity contribution in [2.24, 2.45) is 11.3 Å². The molecule has 0 bridgehead atoms. The summed E-state index contributed by atoms with van der Waals surface area (Å²) in [5.41, 5.74) is 0.356. The fraction of sp³-hybridized carbons (Fsp3) is 1.00. The Morgan fingerprint density at radius 1 is 1.36 bits per heavy atom. The first-order valence-electron chi connectivity index (χ1n) is 5.81. The minimum absolute atomic E-state index is 0.356. The summed E-state index contributed by atoms with van der Waals surface area (Å²) >= 11 is 4.43. The van der Waals surface area contributed by atoms with E-state index in [0.29, 0.717) is 5.41 Å². The molecule has 0 saturated carbocycles. The molecule has 2 heteroatoms. The monoisotopic (exact) mass is 215 g/mol. The Hall–Kier alpha value is 0.310. The number of piperidine rings is 1. The quantitative estimate of drug-likeness (QED) is 0.708. The number of hydrogen-bond acceptors (Lipinski definition) is 2. The molecule has 0 aromatic heterocycles. The van der Waals surface area contributed by atoms with Gasteiger partial charge in [0, 0.05) is 12.6 Å². The highest BCUT2D eigenvalue weighted by Crippen LogP contribution is 2.27. The van der Waals surface area contributed by atoms with Gasteiger partial charge in [-0.2, -0.15) is 12.6 Å². The van der Waals surface area contributed by atoms with Crippen molar-refractivity contribution in [3.8, 4) is 0 Å². The molecule has 2 unspecified atom stereocenters. The lowest BCUT2D eigenvalue weighted by atomic mass is 9.88. The SMILES string of the molecule is CC1CCCN(CC(C)(C)CS)C1C. The number of hydrogen-bond donors (Lipinski definition) is 1. The number of thiol groups is 1. The molecule has 14 heavy (non-hydrogen) atoms. The van der Waals surface area contributed by atoms with Crippen molar-refractivity contribution in [2.45, 2.75) is 46.6 Å². The van der Waals surface area contributed by atoms with Crippen LogP contribution in [0.1, 0.15) is 40.5 Å². The molecule has 1 aliphatic rings. The molecule has 1 saturated heterocycles. The first-order valence-corrected chi connectivity index (χ1v) is 6.44. The zero-order valence-electron chi connectivity index (χ0n) is 10.1. The summed E-state index contributed by atoms with van der Waals surface area (Å²) in [5.74, 6) is 1.84. The molecule has 84 valence electrons. The molecular weight excluding hydrogens is 190 g/mol. The molecule has 1 nitrogen and oxygen atoms in total. The van der Waals surface area contributed by atoms with Gasteiger partial charge in [0.05, 0.1) is 0 Å². The normalized spacial score (nSPS) is 30.6. The molecular formula is C12H25NS. The van der Waals surface area contributed by atoms with Gasteiger partial charge < -0.3 is 0 Å². The van der Waals surface area contributed by atoms with Crippen molar-refractivity contribution in [1.29, 1.82) is 0 Å². The van der Waals surface area contributed by atoms with Crippen molar-refractivity contribution in [3.05, 3.63) is 0 Å². The smallest absolute Gasteiger partial charge is 0.00927 e. The van der Waals surface area contributed by atoms with E-state index in [1.54, 1.807) is 0 Å². The molecule has 0 aromatic rings. The molecule has 1 fully saturated rings. The van der Waals surface area contributed by atoms with E-state index in [1.165, 1.54) is 25.9 Å². The Morgan fingerprint density at radius 2 is 2.00 bits per heavy atom. The summed E-state index contributed by atoms with van der Waals surface area (Å²) in [7, 11) is 0. The minimum atomic E-state index is 0.356. The van der Waals surface area contributed by atoms with Crippen LogP contribution in [0.3, 0.4) is 0 Å². The Bertz CT molecular complexity index is 179. The van der Waals surface area contributed by atoms with Crippen LogP contribution >= 0.6 is 12.6 Å². The maximum absolute atomic E-state index is 4.43. The van der Waals surface area contributed by atoms with Crippen molar-refractivity contribution in [3.63, 3.8) is 0 Å². The second-order valence-corrected chi connectivity index (χ2v) is 5.97. The maximum Gasteiger partial charge on any atom is 0.00927 e. The van der Waals surface area contributed by atoms with Gasteiger partial charge in [-0.25, -0.2) is 0 Å². The van der Waals surface area contributed by atoms with Gasteiger partial charge in [0.2, 0.25) is 0 Å². The van der Waals surface area contributed by atoms with Crippen molar-refractivity contribution >= 4 is 12.6 Å². The molecule has 0 radical (unpaired) electrons. The second kappa shape index (κ2) is 4.89. The number of rotatable bonds is 3. The van der Waals surface area contributed by atoms with E-state index in [9.17, 15) is 0 Å². The number of nitrogens with zero attached hydrogens (tertiary/aromatic N) is 1. The highest BCUT2D eigenvalue weighted by molar-refractivity contribution is 7.80. The Kier molecular flexibility index (Phi) is 4.32. The molecule has 1 aliphatic heterocycles. The van der Waals surface area contributed by atoms with Gasteiger partial charge in [0.25, 0.3) is 0 Å². The molecule has 0 aromatic carbocycles. The average molecular weight is 215 g/mol. The van der Waals surface area contributed by atoms with Gasteiger partial charge in [-0.15, -0.1) is 0 Å². The zero-order chi connectivity index (χ0) is 10.8. The summed E-state index contributed by atoms with van der Waals surface area (Å²) in [6, 6.07) is 0.753. The van der Waals surface area contributed by atoms with Crippen molar-refractivity contribution in [2.75, 3.05) is 18.8 Å². The van der Waals surface area contributed by atoms with Crippen LogP contribution in [0.2, 0.25) is 0 Å². The third-order valence-electron chi connectivity index (χ3n) is 3.56. The van der Waals surface area contributed by atoms with Gasteiger partial charge in [0.15, 0.2) is 0 Å². The third kappa shape index (κ3) is 3.16. The lowest BCUT2D eigenvalue weighted by molar-refractivity contribution is 0.0795. The fourth-order valence-electron chi connectivity index (χ4n) is 2.24. The van der Waals surface area contributed by atoms with E-state index >= 15 is 0 Å². The first-order chi connectivity index (χ1) is 6.46. The molecule has 0 N–H and O–H groups in total. The van der Waals surface area contributed by atoms with Crippen LogP contribution in [-0.4, -0.2) is 29.8 Å². The summed E-state index contributed by atoms with van der Waals surface area (Å²) < 4.78 is 0. The molecule has 2 atom stereocenters. The van der Waals surface area contributed by atoms with E-state index < -0.39 is 0 Å². The lowest BCUT2D eigenvalue weighted by Crippen LogP contribution is -2.47. The topological polar surface area (TPSA) is 3.24 Å². The summed E-state index contributed by atoms with van der Waals surface area (Å²) in [6.45, 7) is 11.9. The summed E-state index contributed by atoms with van der Waals surface area (Å²) in [5, 5.41) is 0. The Labute approximate surface area is 94.7 Å². The van der Waals surface area contributed by atoms with E-state index in [-0.39, 0.29) is 0 Å². The van der Waals surface area contributed by atoms with E-state index in [4.69, 9.17) is 0 Å². The van der Waals surface area contributed by atoms with Gasteiger partial charge in [-0.1, -0.05) is 20.8 Å². The van der Waals surface area contributed by atoms with Gasteiger partial charge >= 0.3 is 0 Å². The van der Waals surface area contributed by atoms with Gasteiger partial charge in [0.1, 0.15) is 0 Å².